The van der Waals surface area contributed by atoms with E-state index >= 15 is 0 Å². The molecular weight excluding hydrogens is 234 g/mol. The lowest BCUT2D eigenvalue weighted by atomic mass is 10.2. The third kappa shape index (κ3) is 2.69. The molecule has 1 aliphatic rings. The summed E-state index contributed by atoms with van der Waals surface area (Å²) in [7, 11) is 1.42. The Bertz CT molecular complexity index is 416. The van der Waals surface area contributed by atoms with Crippen LogP contribution in [0.4, 0.5) is 0 Å². The lowest BCUT2D eigenvalue weighted by Gasteiger charge is -2.19. The van der Waals surface area contributed by atoms with Crippen molar-refractivity contribution in [2.75, 3.05) is 13.7 Å². The lowest BCUT2D eigenvalue weighted by Crippen LogP contribution is -2.36. The van der Waals surface area contributed by atoms with Gasteiger partial charge in [-0.3, -0.25) is 9.69 Å². The molecule has 1 fully saturated rings. The van der Waals surface area contributed by atoms with Crippen LogP contribution in [0.25, 0.3) is 0 Å². The summed E-state index contributed by atoms with van der Waals surface area (Å²) in [5, 5.41) is 3.92. The van der Waals surface area contributed by atoms with Gasteiger partial charge in [0.25, 0.3) is 0 Å². The second-order valence-corrected chi connectivity index (χ2v) is 4.85. The molecule has 0 spiro atoms. The fraction of sp³-hybridized carbons (Fsp3) is 0.750. The van der Waals surface area contributed by atoms with Crippen LogP contribution in [0.3, 0.4) is 0 Å². The van der Waals surface area contributed by atoms with E-state index in [0.29, 0.717) is 18.3 Å². The molecule has 1 atom stereocenters. The number of hydrogen-bond donors (Lipinski definition) is 0. The van der Waals surface area contributed by atoms with Crippen LogP contribution in [-0.4, -0.2) is 40.7 Å². The number of aromatic nitrogens is 2. The summed E-state index contributed by atoms with van der Waals surface area (Å²) in [4.78, 5) is 18.0. The van der Waals surface area contributed by atoms with Crippen LogP contribution in [0, 0.1) is 0 Å². The average Bonchev–Trinajstić information content (AvgIpc) is 2.97. The SMILES string of the molecule is COC(=O)C1CCCN1Cc1nc(C(C)C)no1. The highest BCUT2D eigenvalue weighted by Crippen LogP contribution is 2.21. The van der Waals surface area contributed by atoms with Gasteiger partial charge in [-0.1, -0.05) is 19.0 Å². The average molecular weight is 253 g/mol. The first kappa shape index (κ1) is 13.0. The molecule has 2 rings (SSSR count). The van der Waals surface area contributed by atoms with E-state index in [9.17, 15) is 4.79 Å². The number of hydrogen-bond acceptors (Lipinski definition) is 6. The van der Waals surface area contributed by atoms with Gasteiger partial charge in [0.1, 0.15) is 6.04 Å². The zero-order chi connectivity index (χ0) is 13.1. The van der Waals surface area contributed by atoms with Crippen molar-refractivity contribution in [2.24, 2.45) is 0 Å². The third-order valence-corrected chi connectivity index (χ3v) is 3.18. The Morgan fingerprint density at radius 3 is 3.00 bits per heavy atom. The molecule has 6 nitrogen and oxygen atoms in total. The summed E-state index contributed by atoms with van der Waals surface area (Å²) in [6.07, 6.45) is 1.82. The van der Waals surface area contributed by atoms with Gasteiger partial charge in [-0.15, -0.1) is 0 Å². The van der Waals surface area contributed by atoms with E-state index in [1.807, 2.05) is 18.7 Å². The molecule has 1 unspecified atom stereocenters. The second kappa shape index (κ2) is 5.48. The summed E-state index contributed by atoms with van der Waals surface area (Å²) >= 11 is 0. The number of methoxy groups -OCH3 is 1. The van der Waals surface area contributed by atoms with E-state index in [-0.39, 0.29) is 17.9 Å². The summed E-state index contributed by atoms with van der Waals surface area (Å²) in [5.41, 5.74) is 0. The molecule has 0 saturated carbocycles. The Morgan fingerprint density at radius 2 is 2.39 bits per heavy atom. The molecule has 0 radical (unpaired) electrons. The van der Waals surface area contributed by atoms with Gasteiger partial charge in [0, 0.05) is 5.92 Å². The second-order valence-electron chi connectivity index (χ2n) is 4.85. The molecular formula is C12H19N3O3. The predicted molar refractivity (Wildman–Crippen MR) is 63.8 cm³/mol. The number of likely N-dealkylation sites (tertiary alicyclic amines) is 1. The number of carbonyl (C=O) groups excluding carboxylic acids is 1. The zero-order valence-corrected chi connectivity index (χ0v) is 11.0. The van der Waals surface area contributed by atoms with Crippen LogP contribution in [0.15, 0.2) is 4.52 Å². The quantitative estimate of drug-likeness (QED) is 0.754. The van der Waals surface area contributed by atoms with Gasteiger partial charge >= 0.3 is 5.97 Å². The highest BCUT2D eigenvalue weighted by Gasteiger charge is 2.32. The normalized spacial score (nSPS) is 20.6. The zero-order valence-electron chi connectivity index (χ0n) is 11.0. The summed E-state index contributed by atoms with van der Waals surface area (Å²) < 4.78 is 9.99. The minimum Gasteiger partial charge on any atom is -0.468 e. The molecule has 2 heterocycles. The van der Waals surface area contributed by atoms with Crippen LogP contribution in [-0.2, 0) is 16.1 Å². The molecule has 0 N–H and O–H groups in total. The van der Waals surface area contributed by atoms with Gasteiger partial charge in [-0.2, -0.15) is 4.98 Å². The van der Waals surface area contributed by atoms with Crippen molar-refractivity contribution in [3.05, 3.63) is 11.7 Å². The van der Waals surface area contributed by atoms with E-state index in [1.54, 1.807) is 0 Å². The van der Waals surface area contributed by atoms with Crippen molar-refractivity contribution in [2.45, 2.75) is 45.2 Å². The smallest absolute Gasteiger partial charge is 0.323 e. The summed E-state index contributed by atoms with van der Waals surface area (Å²) in [6.45, 7) is 5.40. The van der Waals surface area contributed by atoms with Crippen molar-refractivity contribution in [3.63, 3.8) is 0 Å². The number of ether oxygens (including phenoxy) is 1. The third-order valence-electron chi connectivity index (χ3n) is 3.18. The fourth-order valence-electron chi connectivity index (χ4n) is 2.16. The number of rotatable bonds is 4. The van der Waals surface area contributed by atoms with Crippen LogP contribution in [0.5, 0.6) is 0 Å². The Labute approximate surface area is 106 Å². The summed E-state index contributed by atoms with van der Waals surface area (Å²) in [6, 6.07) is -0.176. The van der Waals surface area contributed by atoms with Gasteiger partial charge in [0.2, 0.25) is 5.89 Å². The van der Waals surface area contributed by atoms with Crippen molar-refractivity contribution < 1.29 is 14.1 Å². The number of esters is 1. The van der Waals surface area contributed by atoms with Crippen molar-refractivity contribution in [1.82, 2.24) is 15.0 Å². The molecule has 0 aromatic carbocycles. The maximum atomic E-state index is 11.6. The first-order valence-corrected chi connectivity index (χ1v) is 6.26. The highest BCUT2D eigenvalue weighted by molar-refractivity contribution is 5.75. The molecule has 1 aromatic rings. The molecule has 0 aliphatic carbocycles. The van der Waals surface area contributed by atoms with Gasteiger partial charge in [0.15, 0.2) is 5.82 Å². The predicted octanol–water partition coefficient (Wildman–Crippen LogP) is 1.33. The molecule has 18 heavy (non-hydrogen) atoms. The largest absolute Gasteiger partial charge is 0.468 e. The lowest BCUT2D eigenvalue weighted by molar-refractivity contribution is -0.146. The first-order chi connectivity index (χ1) is 8.61. The van der Waals surface area contributed by atoms with Crippen LogP contribution in [0.1, 0.15) is 44.3 Å². The van der Waals surface area contributed by atoms with E-state index in [2.05, 4.69) is 10.1 Å². The van der Waals surface area contributed by atoms with Crippen LogP contribution < -0.4 is 0 Å². The van der Waals surface area contributed by atoms with Gasteiger partial charge in [-0.25, -0.2) is 0 Å². The maximum Gasteiger partial charge on any atom is 0.323 e. The molecule has 0 bridgehead atoms. The van der Waals surface area contributed by atoms with Gasteiger partial charge in [0.05, 0.1) is 13.7 Å². The molecule has 1 aromatic heterocycles. The highest BCUT2D eigenvalue weighted by atomic mass is 16.5. The molecule has 1 aliphatic heterocycles. The minimum atomic E-state index is -0.184. The molecule has 100 valence electrons. The first-order valence-electron chi connectivity index (χ1n) is 6.26. The summed E-state index contributed by atoms with van der Waals surface area (Å²) in [5.74, 6) is 1.34. The standard InChI is InChI=1S/C12H19N3O3/c1-8(2)11-13-10(18-14-11)7-15-6-4-5-9(15)12(16)17-3/h8-9H,4-7H2,1-3H3. The van der Waals surface area contributed by atoms with E-state index < -0.39 is 0 Å². The van der Waals surface area contributed by atoms with E-state index in [0.717, 1.165) is 19.4 Å². The minimum absolute atomic E-state index is 0.176. The Balaban J connectivity index is 2.01. The van der Waals surface area contributed by atoms with Crippen molar-refractivity contribution in [1.29, 1.82) is 0 Å². The van der Waals surface area contributed by atoms with Crippen LogP contribution >= 0.6 is 0 Å². The molecule has 0 amide bonds. The number of nitrogens with zero attached hydrogens (tertiary/aromatic N) is 3. The van der Waals surface area contributed by atoms with Crippen LogP contribution in [0.2, 0.25) is 0 Å². The monoisotopic (exact) mass is 253 g/mol. The Morgan fingerprint density at radius 1 is 1.61 bits per heavy atom. The van der Waals surface area contributed by atoms with Crippen molar-refractivity contribution in [3.8, 4) is 0 Å². The number of carbonyl (C=O) groups is 1. The van der Waals surface area contributed by atoms with E-state index in [1.165, 1.54) is 7.11 Å². The topological polar surface area (TPSA) is 68.5 Å². The molecule has 1 saturated heterocycles. The Hall–Kier alpha value is -1.43. The van der Waals surface area contributed by atoms with E-state index in [4.69, 9.17) is 9.26 Å². The fourth-order valence-corrected chi connectivity index (χ4v) is 2.16. The van der Waals surface area contributed by atoms with Gasteiger partial charge < -0.3 is 9.26 Å². The molecule has 6 heteroatoms. The van der Waals surface area contributed by atoms with Gasteiger partial charge in [-0.05, 0) is 19.4 Å². The van der Waals surface area contributed by atoms with Crippen molar-refractivity contribution >= 4 is 5.97 Å². The Kier molecular flexibility index (Phi) is 3.96. The maximum absolute atomic E-state index is 11.6.